The number of pyridine rings is 1. The van der Waals surface area contributed by atoms with Crippen LogP contribution in [0, 0.1) is 12.3 Å². The maximum Gasteiger partial charge on any atom is 0.490 e. The zero-order valence-corrected chi connectivity index (χ0v) is 24.8. The second kappa shape index (κ2) is 14.6. The number of aromatic nitrogens is 1. The van der Waals surface area contributed by atoms with E-state index in [1.165, 1.54) is 0 Å². The quantitative estimate of drug-likeness (QED) is 0.449. The van der Waals surface area contributed by atoms with Gasteiger partial charge in [-0.15, -0.1) is 0 Å². The van der Waals surface area contributed by atoms with Crippen molar-refractivity contribution in [2.24, 2.45) is 5.41 Å². The van der Waals surface area contributed by atoms with E-state index in [-0.39, 0.29) is 16.4 Å². The smallest absolute Gasteiger partial charge is 0.490 e. The lowest BCUT2D eigenvalue weighted by molar-refractivity contribution is -0.193. The average molecular weight is 658 g/mol. The number of carbonyl (C=O) groups is 2. The molecule has 4 rings (SSSR count). The van der Waals surface area contributed by atoms with Crippen LogP contribution in [0.5, 0.6) is 5.75 Å². The highest BCUT2D eigenvalue weighted by Crippen LogP contribution is 2.40. The van der Waals surface area contributed by atoms with Crippen molar-refractivity contribution < 1.29 is 59.3 Å². The van der Waals surface area contributed by atoms with Crippen LogP contribution in [0.1, 0.15) is 38.1 Å². The summed E-state index contributed by atoms with van der Waals surface area (Å²) in [5, 5.41) is 14.2. The normalized spacial score (nSPS) is 18.3. The van der Waals surface area contributed by atoms with E-state index in [0.717, 1.165) is 43.9 Å². The van der Waals surface area contributed by atoms with E-state index < -0.39 is 34.3 Å². The van der Waals surface area contributed by atoms with Gasteiger partial charge in [0.2, 0.25) is 10.0 Å². The number of halogens is 6. The molecule has 0 aliphatic carbocycles. The van der Waals surface area contributed by atoms with Crippen molar-refractivity contribution in [3.05, 3.63) is 53.9 Å². The van der Waals surface area contributed by atoms with E-state index in [4.69, 9.17) is 24.5 Å². The number of aliphatic carboxylic acids is 2. The van der Waals surface area contributed by atoms with Gasteiger partial charge in [0, 0.05) is 30.2 Å². The molecule has 2 aromatic rings. The van der Waals surface area contributed by atoms with Gasteiger partial charge in [0.25, 0.3) is 0 Å². The molecular formula is C27H33F6N3O7S. The van der Waals surface area contributed by atoms with Crippen LogP contribution in [-0.4, -0.2) is 89.4 Å². The highest BCUT2D eigenvalue weighted by Gasteiger charge is 2.44. The fraction of sp³-hybridized carbons (Fsp3) is 0.519. The molecule has 0 radical (unpaired) electrons. The number of aryl methyl sites for hydroxylation is 1. The van der Waals surface area contributed by atoms with Crippen molar-refractivity contribution in [2.45, 2.75) is 63.4 Å². The Morgan fingerprint density at radius 2 is 1.48 bits per heavy atom. The average Bonchev–Trinajstić information content (AvgIpc) is 2.91. The van der Waals surface area contributed by atoms with Crippen LogP contribution in [0.15, 0.2) is 47.4 Å². The Morgan fingerprint density at radius 1 is 0.955 bits per heavy atom. The van der Waals surface area contributed by atoms with Gasteiger partial charge < -0.3 is 14.9 Å². The number of alkyl halides is 6. The van der Waals surface area contributed by atoms with E-state index in [9.17, 15) is 34.8 Å². The number of para-hydroxylation sites is 1. The Balaban J connectivity index is 0.000000402. The van der Waals surface area contributed by atoms with E-state index >= 15 is 0 Å². The molecule has 0 bridgehead atoms. The number of sulfonamides is 1. The molecule has 2 aliphatic rings. The molecule has 0 atom stereocenters. The molecule has 0 saturated carbocycles. The highest BCUT2D eigenvalue weighted by atomic mass is 32.2. The molecule has 2 N–H and O–H groups in total. The van der Waals surface area contributed by atoms with Crippen molar-refractivity contribution >= 4 is 22.0 Å². The zero-order chi connectivity index (χ0) is 33.5. The van der Waals surface area contributed by atoms with Crippen molar-refractivity contribution in [1.82, 2.24) is 14.2 Å². The standard InChI is InChI=1S/C23H31N3O3S.2C2HF3O2/c1-18(2)26-16-23(17-29-21-9-4-5-10-22(21)30(26,27)28)11-13-25(14-12-23)15-20-8-6-7-19(3)24-20;2*3-2(4,5)1(6)7/h4-10,18H,11-17H2,1-3H3;2*(H,6,7). The summed E-state index contributed by atoms with van der Waals surface area (Å²) in [5.41, 5.74) is 1.94. The number of piperidine rings is 1. The molecule has 44 heavy (non-hydrogen) atoms. The molecule has 246 valence electrons. The minimum absolute atomic E-state index is 0.104. The van der Waals surface area contributed by atoms with Crippen LogP contribution in [0.3, 0.4) is 0 Å². The van der Waals surface area contributed by atoms with Gasteiger partial charge in [0.15, 0.2) is 0 Å². The van der Waals surface area contributed by atoms with E-state index in [1.807, 2.05) is 32.9 Å². The number of hydrogen-bond donors (Lipinski definition) is 2. The van der Waals surface area contributed by atoms with E-state index in [2.05, 4.69) is 22.0 Å². The molecule has 17 heteroatoms. The number of nitrogens with zero attached hydrogens (tertiary/aromatic N) is 3. The Bertz CT molecular complexity index is 1370. The van der Waals surface area contributed by atoms with E-state index in [1.54, 1.807) is 22.5 Å². The number of likely N-dealkylation sites (tertiary alicyclic amines) is 1. The monoisotopic (exact) mass is 657 g/mol. The van der Waals surface area contributed by atoms with Crippen molar-refractivity contribution in [3.8, 4) is 5.75 Å². The first-order valence-corrected chi connectivity index (χ1v) is 14.6. The van der Waals surface area contributed by atoms with Crippen molar-refractivity contribution in [3.63, 3.8) is 0 Å². The summed E-state index contributed by atoms with van der Waals surface area (Å²) in [4.78, 5) is 25.1. The fourth-order valence-corrected chi connectivity index (χ4v) is 6.35. The second-order valence-corrected chi connectivity index (χ2v) is 12.4. The molecule has 1 aromatic carbocycles. The Labute approximate surface area is 250 Å². The summed E-state index contributed by atoms with van der Waals surface area (Å²) >= 11 is 0. The molecule has 0 unspecified atom stereocenters. The van der Waals surface area contributed by atoms with Gasteiger partial charge in [-0.1, -0.05) is 18.2 Å². The lowest BCUT2D eigenvalue weighted by Gasteiger charge is -2.45. The Kier molecular flexibility index (Phi) is 12.2. The number of fused-ring (bicyclic) bond motifs is 1. The van der Waals surface area contributed by atoms with Crippen LogP contribution in [0.4, 0.5) is 26.3 Å². The molecule has 0 amide bonds. The molecular weight excluding hydrogens is 624 g/mol. The number of hydrogen-bond acceptors (Lipinski definition) is 7. The Morgan fingerprint density at radius 3 is 1.95 bits per heavy atom. The van der Waals surface area contributed by atoms with Gasteiger partial charge in [0.1, 0.15) is 10.6 Å². The number of ether oxygens (including phenoxy) is 1. The molecule has 2 aliphatic heterocycles. The fourth-order valence-electron chi connectivity index (χ4n) is 4.47. The molecule has 1 aromatic heterocycles. The first kappa shape index (κ1) is 36.8. The number of carboxylic acid groups (broad SMARTS) is 2. The molecule has 3 heterocycles. The lowest BCUT2D eigenvalue weighted by atomic mass is 9.78. The highest BCUT2D eigenvalue weighted by molar-refractivity contribution is 7.89. The maximum atomic E-state index is 13.4. The number of carboxylic acids is 2. The van der Waals surface area contributed by atoms with Crippen LogP contribution < -0.4 is 4.74 Å². The summed E-state index contributed by atoms with van der Waals surface area (Å²) < 4.78 is 98.1. The third kappa shape index (κ3) is 10.3. The van der Waals surface area contributed by atoms with Gasteiger partial charge in [-0.05, 0) is 71.0 Å². The summed E-state index contributed by atoms with van der Waals surface area (Å²) in [6.45, 7) is 9.60. The predicted octanol–water partition coefficient (Wildman–Crippen LogP) is 4.73. The largest absolute Gasteiger partial charge is 0.492 e. The third-order valence-electron chi connectivity index (χ3n) is 6.77. The van der Waals surface area contributed by atoms with Crippen LogP contribution in [-0.2, 0) is 26.2 Å². The predicted molar refractivity (Wildman–Crippen MR) is 144 cm³/mol. The van der Waals surface area contributed by atoms with Gasteiger partial charge in [0.05, 0.1) is 12.3 Å². The summed E-state index contributed by atoms with van der Waals surface area (Å²) in [7, 11) is -3.60. The number of benzene rings is 1. The van der Waals surface area contributed by atoms with Crippen LogP contribution >= 0.6 is 0 Å². The molecule has 1 saturated heterocycles. The Hall–Kier alpha value is -3.44. The van der Waals surface area contributed by atoms with Crippen molar-refractivity contribution in [2.75, 3.05) is 26.2 Å². The van der Waals surface area contributed by atoms with Crippen molar-refractivity contribution in [1.29, 1.82) is 0 Å². The summed E-state index contributed by atoms with van der Waals surface area (Å²) in [5.74, 6) is -5.05. The lowest BCUT2D eigenvalue weighted by Crippen LogP contribution is -2.53. The molecule has 10 nitrogen and oxygen atoms in total. The minimum Gasteiger partial charge on any atom is -0.492 e. The molecule has 1 fully saturated rings. The zero-order valence-electron chi connectivity index (χ0n) is 24.0. The topological polar surface area (TPSA) is 137 Å². The van der Waals surface area contributed by atoms with Crippen LogP contribution in [0.2, 0.25) is 0 Å². The maximum absolute atomic E-state index is 13.4. The molecule has 1 spiro atoms. The first-order chi connectivity index (χ1) is 20.2. The van der Waals surface area contributed by atoms with Gasteiger partial charge in [-0.2, -0.15) is 30.6 Å². The first-order valence-electron chi connectivity index (χ1n) is 13.2. The third-order valence-corrected chi connectivity index (χ3v) is 8.83. The summed E-state index contributed by atoms with van der Waals surface area (Å²) in [6.07, 6.45) is -8.36. The second-order valence-electron chi connectivity index (χ2n) is 10.5. The van der Waals surface area contributed by atoms with Gasteiger partial charge in [-0.3, -0.25) is 9.88 Å². The van der Waals surface area contributed by atoms with Gasteiger partial charge >= 0.3 is 24.3 Å². The minimum atomic E-state index is -5.08. The van der Waals surface area contributed by atoms with Crippen LogP contribution in [0.25, 0.3) is 0 Å². The van der Waals surface area contributed by atoms with E-state index in [0.29, 0.717) is 18.9 Å². The number of rotatable bonds is 3. The van der Waals surface area contributed by atoms with Gasteiger partial charge in [-0.25, -0.2) is 18.0 Å². The summed E-state index contributed by atoms with van der Waals surface area (Å²) in [6, 6.07) is 13.0. The SMILES string of the molecule is Cc1cccc(CN2CCC3(CC2)COc2ccccc2S(=O)(=O)N(C(C)C)C3)n1.O=C(O)C(F)(F)F.O=C(O)C(F)(F)F.